The quantitative estimate of drug-likeness (QED) is 0.868. The van der Waals surface area contributed by atoms with Gasteiger partial charge in [0.1, 0.15) is 0 Å². The lowest BCUT2D eigenvalue weighted by molar-refractivity contribution is 0.332. The molecule has 14 heavy (non-hydrogen) atoms. The first-order chi connectivity index (χ1) is 6.79. The Balaban J connectivity index is 2.07. The van der Waals surface area contributed by atoms with Crippen LogP contribution in [0.3, 0.4) is 0 Å². The summed E-state index contributed by atoms with van der Waals surface area (Å²) < 4.78 is 1.30. The monoisotopic (exact) mass is 273 g/mol. The SMILES string of the molecule is CC(c1sccc1Br)C1CCNCC1. The molecular formula is C11H16BrNS. The fraction of sp³-hybridized carbons (Fsp3) is 0.636. The van der Waals surface area contributed by atoms with Gasteiger partial charge in [-0.1, -0.05) is 6.92 Å². The van der Waals surface area contributed by atoms with E-state index in [2.05, 4.69) is 39.6 Å². The summed E-state index contributed by atoms with van der Waals surface area (Å²) in [4.78, 5) is 1.52. The van der Waals surface area contributed by atoms with Crippen molar-refractivity contribution in [3.63, 3.8) is 0 Å². The van der Waals surface area contributed by atoms with Crippen LogP contribution < -0.4 is 5.32 Å². The number of halogens is 1. The van der Waals surface area contributed by atoms with Gasteiger partial charge in [0, 0.05) is 9.35 Å². The van der Waals surface area contributed by atoms with E-state index in [9.17, 15) is 0 Å². The van der Waals surface area contributed by atoms with Gasteiger partial charge in [0.15, 0.2) is 0 Å². The smallest absolute Gasteiger partial charge is 0.0317 e. The summed E-state index contributed by atoms with van der Waals surface area (Å²) in [5, 5.41) is 5.60. The summed E-state index contributed by atoms with van der Waals surface area (Å²) in [6, 6.07) is 2.16. The molecule has 1 atom stereocenters. The van der Waals surface area contributed by atoms with Crippen molar-refractivity contribution < 1.29 is 0 Å². The van der Waals surface area contributed by atoms with Crippen LogP contribution in [0.5, 0.6) is 0 Å². The molecule has 2 rings (SSSR count). The topological polar surface area (TPSA) is 12.0 Å². The van der Waals surface area contributed by atoms with Gasteiger partial charge >= 0.3 is 0 Å². The van der Waals surface area contributed by atoms with Crippen LogP contribution >= 0.6 is 27.3 Å². The van der Waals surface area contributed by atoms with E-state index in [0.29, 0.717) is 5.92 Å². The highest BCUT2D eigenvalue weighted by molar-refractivity contribution is 9.10. The molecule has 1 saturated heterocycles. The van der Waals surface area contributed by atoms with Crippen LogP contribution in [0.2, 0.25) is 0 Å². The zero-order valence-corrected chi connectivity index (χ0v) is 10.8. The molecule has 0 radical (unpaired) electrons. The first kappa shape index (κ1) is 10.7. The van der Waals surface area contributed by atoms with Crippen molar-refractivity contribution in [2.45, 2.75) is 25.7 Å². The maximum absolute atomic E-state index is 3.63. The fourth-order valence-electron chi connectivity index (χ4n) is 2.19. The first-order valence-corrected chi connectivity index (χ1v) is 6.90. The summed E-state index contributed by atoms with van der Waals surface area (Å²) in [7, 11) is 0. The average Bonchev–Trinajstić information content (AvgIpc) is 2.65. The Labute approximate surface area is 98.0 Å². The van der Waals surface area contributed by atoms with Gasteiger partial charge < -0.3 is 5.32 Å². The Morgan fingerprint density at radius 3 is 2.79 bits per heavy atom. The van der Waals surface area contributed by atoms with Crippen LogP contribution in [-0.4, -0.2) is 13.1 Å². The van der Waals surface area contributed by atoms with Crippen LogP contribution in [0.15, 0.2) is 15.9 Å². The predicted molar refractivity (Wildman–Crippen MR) is 66.0 cm³/mol. The van der Waals surface area contributed by atoms with Gasteiger partial charge in [0.05, 0.1) is 0 Å². The Morgan fingerprint density at radius 2 is 2.21 bits per heavy atom. The molecule has 2 heterocycles. The van der Waals surface area contributed by atoms with E-state index >= 15 is 0 Å². The van der Waals surface area contributed by atoms with Gasteiger partial charge in [-0.25, -0.2) is 0 Å². The fourth-order valence-corrected chi connectivity index (χ4v) is 4.08. The van der Waals surface area contributed by atoms with Crippen LogP contribution in [0.1, 0.15) is 30.6 Å². The second kappa shape index (κ2) is 4.77. The Morgan fingerprint density at radius 1 is 1.50 bits per heavy atom. The van der Waals surface area contributed by atoms with Gasteiger partial charge in [0.25, 0.3) is 0 Å². The number of rotatable bonds is 2. The minimum Gasteiger partial charge on any atom is -0.317 e. The van der Waals surface area contributed by atoms with E-state index < -0.39 is 0 Å². The molecule has 1 aromatic rings. The molecule has 1 aliphatic rings. The molecular weight excluding hydrogens is 258 g/mol. The highest BCUT2D eigenvalue weighted by atomic mass is 79.9. The molecule has 1 nitrogen and oxygen atoms in total. The van der Waals surface area contributed by atoms with Gasteiger partial charge in [-0.05, 0) is 65.1 Å². The molecule has 1 aromatic heterocycles. The lowest BCUT2D eigenvalue weighted by Crippen LogP contribution is -2.30. The highest BCUT2D eigenvalue weighted by Gasteiger charge is 2.23. The van der Waals surface area contributed by atoms with Crippen molar-refractivity contribution >= 4 is 27.3 Å². The van der Waals surface area contributed by atoms with E-state index in [0.717, 1.165) is 5.92 Å². The summed E-state index contributed by atoms with van der Waals surface area (Å²) in [5.41, 5.74) is 0. The number of nitrogens with one attached hydrogen (secondary N) is 1. The van der Waals surface area contributed by atoms with Gasteiger partial charge in [0.2, 0.25) is 0 Å². The standard InChI is InChI=1S/C11H16BrNS/c1-8(9-2-5-13-6-3-9)11-10(12)4-7-14-11/h4,7-9,13H,2-3,5-6H2,1H3. The van der Waals surface area contributed by atoms with E-state index in [-0.39, 0.29) is 0 Å². The molecule has 0 saturated carbocycles. The molecule has 0 bridgehead atoms. The molecule has 1 fully saturated rings. The number of hydrogen-bond acceptors (Lipinski definition) is 2. The second-order valence-corrected chi connectivity index (χ2v) is 5.81. The number of hydrogen-bond donors (Lipinski definition) is 1. The summed E-state index contributed by atoms with van der Waals surface area (Å²) >= 11 is 5.51. The van der Waals surface area contributed by atoms with Crippen molar-refractivity contribution in [3.8, 4) is 0 Å². The van der Waals surface area contributed by atoms with Crippen LogP contribution in [0, 0.1) is 5.92 Å². The maximum Gasteiger partial charge on any atom is 0.0317 e. The molecule has 1 N–H and O–H groups in total. The lowest BCUT2D eigenvalue weighted by Gasteiger charge is -2.27. The average molecular weight is 274 g/mol. The minimum atomic E-state index is 0.714. The molecule has 0 aromatic carbocycles. The zero-order valence-electron chi connectivity index (χ0n) is 8.42. The molecule has 0 spiro atoms. The minimum absolute atomic E-state index is 0.714. The molecule has 78 valence electrons. The lowest BCUT2D eigenvalue weighted by atomic mass is 9.85. The molecule has 1 aliphatic heterocycles. The van der Waals surface area contributed by atoms with E-state index in [1.165, 1.54) is 35.3 Å². The second-order valence-electron chi connectivity index (χ2n) is 4.01. The zero-order chi connectivity index (χ0) is 9.97. The molecule has 0 amide bonds. The predicted octanol–water partition coefficient (Wildman–Crippen LogP) is 3.61. The Kier molecular flexibility index (Phi) is 3.63. The van der Waals surface area contributed by atoms with Crippen LogP contribution in [0.25, 0.3) is 0 Å². The highest BCUT2D eigenvalue weighted by Crippen LogP contribution is 2.37. The van der Waals surface area contributed by atoms with Crippen molar-refractivity contribution in [1.82, 2.24) is 5.32 Å². The van der Waals surface area contributed by atoms with Gasteiger partial charge in [-0.15, -0.1) is 11.3 Å². The molecule has 1 unspecified atom stereocenters. The van der Waals surface area contributed by atoms with Crippen molar-refractivity contribution in [3.05, 3.63) is 20.8 Å². The first-order valence-electron chi connectivity index (χ1n) is 5.22. The molecule has 0 aliphatic carbocycles. The maximum atomic E-state index is 3.63. The third kappa shape index (κ3) is 2.20. The van der Waals surface area contributed by atoms with E-state index in [1.807, 2.05) is 11.3 Å². The summed E-state index contributed by atoms with van der Waals surface area (Å²) in [6.45, 7) is 4.75. The van der Waals surface area contributed by atoms with Gasteiger partial charge in [-0.3, -0.25) is 0 Å². The number of thiophene rings is 1. The normalized spacial score (nSPS) is 21.0. The van der Waals surface area contributed by atoms with Crippen molar-refractivity contribution in [2.75, 3.05) is 13.1 Å². The van der Waals surface area contributed by atoms with Crippen LogP contribution in [0.4, 0.5) is 0 Å². The Bertz CT molecular complexity index is 291. The van der Waals surface area contributed by atoms with E-state index in [4.69, 9.17) is 0 Å². The van der Waals surface area contributed by atoms with Gasteiger partial charge in [-0.2, -0.15) is 0 Å². The summed E-state index contributed by atoms with van der Waals surface area (Å²) in [5.74, 6) is 1.58. The van der Waals surface area contributed by atoms with Crippen molar-refractivity contribution in [1.29, 1.82) is 0 Å². The Hall–Kier alpha value is 0.140. The molecule has 3 heteroatoms. The third-order valence-corrected chi connectivity index (χ3v) is 5.22. The van der Waals surface area contributed by atoms with E-state index in [1.54, 1.807) is 0 Å². The van der Waals surface area contributed by atoms with Crippen LogP contribution in [-0.2, 0) is 0 Å². The van der Waals surface area contributed by atoms with Crippen molar-refractivity contribution in [2.24, 2.45) is 5.92 Å². The largest absolute Gasteiger partial charge is 0.317 e. The third-order valence-electron chi connectivity index (χ3n) is 3.15. The summed E-state index contributed by atoms with van der Waals surface area (Å²) in [6.07, 6.45) is 2.65. The number of piperidine rings is 1.